The van der Waals surface area contributed by atoms with Gasteiger partial charge in [0.2, 0.25) is 0 Å². The van der Waals surface area contributed by atoms with Crippen LogP contribution in [0.3, 0.4) is 0 Å². The molecule has 1 N–H and O–H groups in total. The standard InChI is InChI=1S/C21H17ClN2O4/c1-14(27-21(26)18-8-5-13-23-19(18)22)20(25)24-15-9-11-17(12-10-15)28-16-6-3-2-4-7-16/h2-14H,1H3,(H,24,25)/t14-/m1/s1. The summed E-state index contributed by atoms with van der Waals surface area (Å²) in [5.74, 6) is 0.168. The predicted octanol–water partition coefficient (Wildman–Crippen LogP) is 4.71. The van der Waals surface area contributed by atoms with Crippen LogP contribution in [0.5, 0.6) is 11.5 Å². The Morgan fingerprint density at radius 3 is 2.32 bits per heavy atom. The largest absolute Gasteiger partial charge is 0.457 e. The molecule has 0 aliphatic carbocycles. The number of pyridine rings is 1. The monoisotopic (exact) mass is 396 g/mol. The van der Waals surface area contributed by atoms with E-state index in [0.29, 0.717) is 17.2 Å². The highest BCUT2D eigenvalue weighted by atomic mass is 35.5. The first-order valence-electron chi connectivity index (χ1n) is 8.48. The van der Waals surface area contributed by atoms with Gasteiger partial charge >= 0.3 is 5.97 Å². The highest BCUT2D eigenvalue weighted by molar-refractivity contribution is 6.32. The number of anilines is 1. The molecule has 0 saturated heterocycles. The Kier molecular flexibility index (Phi) is 6.24. The van der Waals surface area contributed by atoms with E-state index in [4.69, 9.17) is 21.1 Å². The van der Waals surface area contributed by atoms with Gasteiger partial charge in [-0.2, -0.15) is 0 Å². The molecule has 0 aliphatic rings. The van der Waals surface area contributed by atoms with Crippen molar-refractivity contribution in [2.45, 2.75) is 13.0 Å². The first-order valence-corrected chi connectivity index (χ1v) is 8.86. The number of amides is 1. The van der Waals surface area contributed by atoms with Crippen molar-refractivity contribution in [1.82, 2.24) is 4.98 Å². The highest BCUT2D eigenvalue weighted by Crippen LogP contribution is 2.23. The van der Waals surface area contributed by atoms with Crippen LogP contribution >= 0.6 is 11.6 Å². The molecule has 1 amide bonds. The van der Waals surface area contributed by atoms with Crippen molar-refractivity contribution in [1.29, 1.82) is 0 Å². The summed E-state index contributed by atoms with van der Waals surface area (Å²) < 4.78 is 10.9. The Balaban J connectivity index is 1.56. The van der Waals surface area contributed by atoms with E-state index in [1.807, 2.05) is 30.3 Å². The lowest BCUT2D eigenvalue weighted by Crippen LogP contribution is -2.30. The normalized spacial score (nSPS) is 11.4. The van der Waals surface area contributed by atoms with Gasteiger partial charge in [-0.15, -0.1) is 0 Å². The van der Waals surface area contributed by atoms with E-state index in [1.54, 1.807) is 30.3 Å². The molecule has 28 heavy (non-hydrogen) atoms. The van der Waals surface area contributed by atoms with Crippen LogP contribution in [-0.4, -0.2) is 23.0 Å². The average molecular weight is 397 g/mol. The minimum Gasteiger partial charge on any atom is -0.457 e. The zero-order valence-corrected chi connectivity index (χ0v) is 15.7. The van der Waals surface area contributed by atoms with Crippen molar-refractivity contribution < 1.29 is 19.1 Å². The molecule has 7 heteroatoms. The van der Waals surface area contributed by atoms with Crippen molar-refractivity contribution in [3.05, 3.63) is 83.6 Å². The Bertz CT molecular complexity index is 962. The van der Waals surface area contributed by atoms with Gasteiger partial charge in [-0.25, -0.2) is 9.78 Å². The van der Waals surface area contributed by atoms with Crippen LogP contribution in [0.15, 0.2) is 72.9 Å². The fourth-order valence-electron chi connectivity index (χ4n) is 2.29. The smallest absolute Gasteiger partial charge is 0.342 e. The topological polar surface area (TPSA) is 77.5 Å². The minimum atomic E-state index is -1.01. The number of benzene rings is 2. The number of hydrogen-bond donors (Lipinski definition) is 1. The molecule has 6 nitrogen and oxygen atoms in total. The lowest BCUT2D eigenvalue weighted by atomic mass is 10.2. The SMILES string of the molecule is C[C@@H](OC(=O)c1cccnc1Cl)C(=O)Nc1ccc(Oc2ccccc2)cc1. The van der Waals surface area contributed by atoms with Crippen molar-refractivity contribution in [3.63, 3.8) is 0 Å². The van der Waals surface area contributed by atoms with Crippen LogP contribution in [0.1, 0.15) is 17.3 Å². The van der Waals surface area contributed by atoms with Crippen LogP contribution in [-0.2, 0) is 9.53 Å². The molecule has 0 bridgehead atoms. The molecule has 2 aromatic carbocycles. The van der Waals surface area contributed by atoms with Crippen molar-refractivity contribution in [2.24, 2.45) is 0 Å². The summed E-state index contributed by atoms with van der Waals surface area (Å²) in [5, 5.41) is 2.71. The van der Waals surface area contributed by atoms with Gasteiger partial charge < -0.3 is 14.8 Å². The fourth-order valence-corrected chi connectivity index (χ4v) is 2.49. The summed E-state index contributed by atoms with van der Waals surface area (Å²) in [5.41, 5.74) is 0.652. The number of nitrogens with zero attached hydrogens (tertiary/aromatic N) is 1. The number of carbonyl (C=O) groups is 2. The van der Waals surface area contributed by atoms with Crippen molar-refractivity contribution >= 4 is 29.2 Å². The first-order chi connectivity index (χ1) is 13.5. The molecule has 3 rings (SSSR count). The molecule has 0 fully saturated rings. The Morgan fingerprint density at radius 2 is 1.64 bits per heavy atom. The summed E-state index contributed by atoms with van der Waals surface area (Å²) >= 11 is 5.86. The van der Waals surface area contributed by atoms with E-state index in [1.165, 1.54) is 19.2 Å². The Morgan fingerprint density at radius 1 is 0.964 bits per heavy atom. The lowest BCUT2D eigenvalue weighted by molar-refractivity contribution is -0.123. The highest BCUT2D eigenvalue weighted by Gasteiger charge is 2.21. The maximum Gasteiger partial charge on any atom is 0.342 e. The van der Waals surface area contributed by atoms with E-state index < -0.39 is 18.0 Å². The van der Waals surface area contributed by atoms with Gasteiger partial charge in [0, 0.05) is 11.9 Å². The van der Waals surface area contributed by atoms with Crippen molar-refractivity contribution in [2.75, 3.05) is 5.32 Å². The third kappa shape index (κ3) is 5.08. The summed E-state index contributed by atoms with van der Waals surface area (Å²) in [7, 11) is 0. The van der Waals surface area contributed by atoms with Crippen molar-refractivity contribution in [3.8, 4) is 11.5 Å². The molecule has 0 unspecified atom stereocenters. The maximum absolute atomic E-state index is 12.3. The van der Waals surface area contributed by atoms with E-state index in [-0.39, 0.29) is 10.7 Å². The van der Waals surface area contributed by atoms with Gasteiger partial charge in [0.1, 0.15) is 16.7 Å². The van der Waals surface area contributed by atoms with E-state index in [2.05, 4.69) is 10.3 Å². The number of carbonyl (C=O) groups excluding carboxylic acids is 2. The molecule has 142 valence electrons. The number of halogens is 1. The third-order valence-corrected chi connectivity index (χ3v) is 4.03. The number of rotatable bonds is 6. The van der Waals surface area contributed by atoms with Crippen LogP contribution in [0.25, 0.3) is 0 Å². The van der Waals surface area contributed by atoms with E-state index in [9.17, 15) is 9.59 Å². The summed E-state index contributed by atoms with van der Waals surface area (Å²) in [6.45, 7) is 1.48. The van der Waals surface area contributed by atoms with Crippen LogP contribution in [0, 0.1) is 0 Å². The molecule has 1 heterocycles. The maximum atomic E-state index is 12.3. The van der Waals surface area contributed by atoms with Gasteiger partial charge in [-0.1, -0.05) is 29.8 Å². The Labute approximate surface area is 167 Å². The van der Waals surface area contributed by atoms with Crippen LogP contribution in [0.4, 0.5) is 5.69 Å². The van der Waals surface area contributed by atoms with Gasteiger partial charge in [0.15, 0.2) is 6.10 Å². The van der Waals surface area contributed by atoms with E-state index >= 15 is 0 Å². The molecule has 1 aromatic heterocycles. The number of aromatic nitrogens is 1. The lowest BCUT2D eigenvalue weighted by Gasteiger charge is -2.14. The quantitative estimate of drug-likeness (QED) is 0.482. The molecule has 0 saturated carbocycles. The molecule has 0 aliphatic heterocycles. The van der Waals surface area contributed by atoms with Gasteiger partial charge in [-0.05, 0) is 55.5 Å². The molecule has 0 radical (unpaired) electrons. The second-order valence-electron chi connectivity index (χ2n) is 5.82. The van der Waals surface area contributed by atoms with Gasteiger partial charge in [0.05, 0.1) is 5.56 Å². The minimum absolute atomic E-state index is 0.0223. The summed E-state index contributed by atoms with van der Waals surface area (Å²) in [6, 6.07) is 19.3. The van der Waals surface area contributed by atoms with Crippen LogP contribution in [0.2, 0.25) is 5.15 Å². The number of hydrogen-bond acceptors (Lipinski definition) is 5. The summed E-state index contributed by atoms with van der Waals surface area (Å²) in [4.78, 5) is 28.2. The Hall–Kier alpha value is -3.38. The number of esters is 1. The molecular weight excluding hydrogens is 380 g/mol. The third-order valence-electron chi connectivity index (χ3n) is 3.73. The second kappa shape index (κ2) is 9.01. The van der Waals surface area contributed by atoms with Crippen LogP contribution < -0.4 is 10.1 Å². The fraction of sp³-hybridized carbons (Fsp3) is 0.0952. The number of nitrogens with one attached hydrogen (secondary N) is 1. The van der Waals surface area contributed by atoms with Gasteiger partial charge in [-0.3, -0.25) is 4.79 Å². The number of ether oxygens (including phenoxy) is 2. The van der Waals surface area contributed by atoms with E-state index in [0.717, 1.165) is 0 Å². The summed E-state index contributed by atoms with van der Waals surface area (Å²) in [6.07, 6.45) is 0.449. The molecule has 3 aromatic rings. The number of para-hydroxylation sites is 1. The average Bonchev–Trinajstić information content (AvgIpc) is 2.70. The molecule has 0 spiro atoms. The molecular formula is C21H17ClN2O4. The zero-order valence-electron chi connectivity index (χ0n) is 15.0. The predicted molar refractivity (Wildman–Crippen MR) is 106 cm³/mol. The zero-order chi connectivity index (χ0) is 19.9. The molecule has 1 atom stereocenters. The van der Waals surface area contributed by atoms with Gasteiger partial charge in [0.25, 0.3) is 5.91 Å². The second-order valence-corrected chi connectivity index (χ2v) is 6.18. The first kappa shape index (κ1) is 19.4.